The predicted molar refractivity (Wildman–Crippen MR) is 38.2 cm³/mol. The molecular formula is C6H8NO2S-. The van der Waals surface area contributed by atoms with E-state index in [2.05, 4.69) is 0 Å². The van der Waals surface area contributed by atoms with Gasteiger partial charge in [0.1, 0.15) is 0 Å². The Bertz CT molecular complexity index is 247. The first-order valence-corrected chi connectivity index (χ1v) is 3.91. The molecule has 1 aromatic heterocycles. The van der Waals surface area contributed by atoms with E-state index < -0.39 is 11.3 Å². The third-order valence-corrected chi connectivity index (χ3v) is 2.23. The molecule has 1 heterocycles. The Morgan fingerprint density at radius 2 is 1.80 bits per heavy atom. The van der Waals surface area contributed by atoms with E-state index in [0.29, 0.717) is 0 Å². The Kier molecular flexibility index (Phi) is 1.92. The van der Waals surface area contributed by atoms with Gasteiger partial charge in [0.2, 0.25) is 0 Å². The maximum atomic E-state index is 10.5. The molecule has 1 atom stereocenters. The number of hydrogen-bond donors (Lipinski definition) is 0. The van der Waals surface area contributed by atoms with Crippen LogP contribution in [0, 0.1) is 13.8 Å². The van der Waals surface area contributed by atoms with Crippen molar-refractivity contribution in [2.45, 2.75) is 13.8 Å². The highest BCUT2D eigenvalue weighted by Crippen LogP contribution is 2.06. The summed E-state index contributed by atoms with van der Waals surface area (Å²) in [5.74, 6) is 0. The highest BCUT2D eigenvalue weighted by molar-refractivity contribution is 7.77. The highest BCUT2D eigenvalue weighted by Gasteiger charge is 1.98. The van der Waals surface area contributed by atoms with Gasteiger partial charge in [0.05, 0.1) is 11.3 Å². The molecule has 0 aliphatic carbocycles. The van der Waals surface area contributed by atoms with Gasteiger partial charge in [-0.1, -0.05) is 0 Å². The van der Waals surface area contributed by atoms with Crippen molar-refractivity contribution in [2.75, 3.05) is 0 Å². The predicted octanol–water partition coefficient (Wildman–Crippen LogP) is 0.747. The molecule has 1 rings (SSSR count). The molecule has 0 radical (unpaired) electrons. The van der Waals surface area contributed by atoms with Gasteiger partial charge in [-0.15, -0.1) is 0 Å². The van der Waals surface area contributed by atoms with E-state index in [1.807, 2.05) is 0 Å². The van der Waals surface area contributed by atoms with Crippen LogP contribution in [0.4, 0.5) is 0 Å². The lowest BCUT2D eigenvalue weighted by Gasteiger charge is -2.10. The van der Waals surface area contributed by atoms with Crippen LogP contribution in [-0.4, -0.2) is 12.7 Å². The molecule has 0 aliphatic heterocycles. The van der Waals surface area contributed by atoms with Gasteiger partial charge in [0, 0.05) is 11.4 Å². The quantitative estimate of drug-likeness (QED) is 0.566. The number of nitrogens with zero attached hydrogens (tertiary/aromatic N) is 1. The molecule has 0 N–H and O–H groups in total. The molecule has 3 nitrogen and oxygen atoms in total. The minimum absolute atomic E-state index is 0.742. The zero-order chi connectivity index (χ0) is 7.72. The Hall–Kier alpha value is -0.610. The number of rotatable bonds is 1. The van der Waals surface area contributed by atoms with Gasteiger partial charge in [0.25, 0.3) is 0 Å². The van der Waals surface area contributed by atoms with Gasteiger partial charge in [-0.3, -0.25) is 8.18 Å². The molecule has 0 saturated carbocycles. The average molecular weight is 158 g/mol. The summed E-state index contributed by atoms with van der Waals surface area (Å²) >= 11 is -2.15. The van der Waals surface area contributed by atoms with E-state index in [-0.39, 0.29) is 0 Å². The fraction of sp³-hybridized carbons (Fsp3) is 0.333. The van der Waals surface area contributed by atoms with Crippen molar-refractivity contribution in [3.05, 3.63) is 23.5 Å². The van der Waals surface area contributed by atoms with E-state index >= 15 is 0 Å². The van der Waals surface area contributed by atoms with Crippen LogP contribution < -0.4 is 0 Å². The molecular weight excluding hydrogens is 150 g/mol. The Balaban J connectivity index is 3.23. The molecule has 0 amide bonds. The standard InChI is InChI=1S/C6H9NO2S/c1-5-3-4-6(2)7(5)10(8)9/h3-4H,1-2H3,(H,8,9)/p-1. The topological polar surface area (TPSA) is 45.1 Å². The summed E-state index contributed by atoms with van der Waals surface area (Å²) in [6.45, 7) is 3.51. The maximum absolute atomic E-state index is 10.5. The molecule has 1 aromatic rings. The zero-order valence-corrected chi connectivity index (χ0v) is 6.64. The summed E-state index contributed by atoms with van der Waals surface area (Å²) in [4.78, 5) is 0. The first kappa shape index (κ1) is 7.50. The molecule has 0 saturated heterocycles. The fourth-order valence-corrected chi connectivity index (χ4v) is 1.48. The molecule has 56 valence electrons. The lowest BCUT2D eigenvalue weighted by Crippen LogP contribution is -2.05. The Labute approximate surface area is 62.1 Å². The average Bonchev–Trinajstić information content (AvgIpc) is 2.11. The Morgan fingerprint density at radius 3 is 2.00 bits per heavy atom. The smallest absolute Gasteiger partial charge is 0.0516 e. The van der Waals surface area contributed by atoms with Crippen molar-refractivity contribution in [2.24, 2.45) is 0 Å². The van der Waals surface area contributed by atoms with Crippen molar-refractivity contribution in [3.8, 4) is 0 Å². The first-order valence-electron chi connectivity index (χ1n) is 2.87. The van der Waals surface area contributed by atoms with Crippen LogP contribution in [0.25, 0.3) is 0 Å². The van der Waals surface area contributed by atoms with E-state index in [0.717, 1.165) is 11.4 Å². The van der Waals surface area contributed by atoms with Crippen LogP contribution in [0.2, 0.25) is 0 Å². The molecule has 0 aromatic carbocycles. The van der Waals surface area contributed by atoms with Crippen LogP contribution in [0.5, 0.6) is 0 Å². The van der Waals surface area contributed by atoms with E-state index in [1.165, 1.54) is 3.97 Å². The number of hydrogen-bond acceptors (Lipinski definition) is 2. The third-order valence-electron chi connectivity index (χ3n) is 1.36. The molecule has 0 aliphatic rings. The molecule has 0 fully saturated rings. The minimum Gasteiger partial charge on any atom is -0.755 e. The second kappa shape index (κ2) is 2.56. The minimum atomic E-state index is -2.15. The van der Waals surface area contributed by atoms with Crippen molar-refractivity contribution >= 4 is 11.3 Å². The van der Waals surface area contributed by atoms with Crippen molar-refractivity contribution in [1.29, 1.82) is 0 Å². The Morgan fingerprint density at radius 1 is 1.40 bits per heavy atom. The molecule has 0 spiro atoms. The summed E-state index contributed by atoms with van der Waals surface area (Å²) in [7, 11) is 0. The van der Waals surface area contributed by atoms with Gasteiger partial charge in [0.15, 0.2) is 0 Å². The fourth-order valence-electron chi connectivity index (χ4n) is 0.890. The van der Waals surface area contributed by atoms with Gasteiger partial charge in [-0.05, 0) is 26.0 Å². The van der Waals surface area contributed by atoms with Crippen molar-refractivity contribution in [3.63, 3.8) is 0 Å². The number of aryl methyl sites for hydroxylation is 2. The summed E-state index contributed by atoms with van der Waals surface area (Å²) < 4.78 is 22.2. The zero-order valence-electron chi connectivity index (χ0n) is 5.83. The second-order valence-electron chi connectivity index (χ2n) is 2.13. The molecule has 4 heteroatoms. The molecule has 10 heavy (non-hydrogen) atoms. The lowest BCUT2D eigenvalue weighted by atomic mass is 10.5. The largest absolute Gasteiger partial charge is 0.755 e. The van der Waals surface area contributed by atoms with Crippen LogP contribution in [0.3, 0.4) is 0 Å². The summed E-state index contributed by atoms with van der Waals surface area (Å²) in [6.07, 6.45) is 0. The summed E-state index contributed by atoms with van der Waals surface area (Å²) in [6, 6.07) is 3.54. The van der Waals surface area contributed by atoms with Gasteiger partial charge in [-0.2, -0.15) is 0 Å². The van der Waals surface area contributed by atoms with Crippen LogP contribution >= 0.6 is 0 Å². The SMILES string of the molecule is Cc1ccc(C)n1S(=O)[O-]. The van der Waals surface area contributed by atoms with Crippen molar-refractivity contribution < 1.29 is 8.76 Å². The normalized spacial score (nSPS) is 13.5. The molecule has 0 bridgehead atoms. The maximum Gasteiger partial charge on any atom is 0.0516 e. The van der Waals surface area contributed by atoms with Crippen LogP contribution in [-0.2, 0) is 11.3 Å². The van der Waals surface area contributed by atoms with Crippen LogP contribution in [0.1, 0.15) is 11.4 Å². The van der Waals surface area contributed by atoms with E-state index in [1.54, 1.807) is 26.0 Å². The van der Waals surface area contributed by atoms with E-state index in [9.17, 15) is 8.76 Å². The summed E-state index contributed by atoms with van der Waals surface area (Å²) in [5, 5.41) is 0. The van der Waals surface area contributed by atoms with Gasteiger partial charge < -0.3 is 4.55 Å². The number of aromatic nitrogens is 1. The first-order chi connectivity index (χ1) is 4.63. The highest BCUT2D eigenvalue weighted by atomic mass is 32.2. The third kappa shape index (κ3) is 1.12. The van der Waals surface area contributed by atoms with Crippen molar-refractivity contribution in [1.82, 2.24) is 3.97 Å². The van der Waals surface area contributed by atoms with Crippen LogP contribution in [0.15, 0.2) is 12.1 Å². The summed E-state index contributed by atoms with van der Waals surface area (Å²) in [5.41, 5.74) is 1.48. The lowest BCUT2D eigenvalue weighted by molar-refractivity contribution is 0.526. The van der Waals surface area contributed by atoms with Gasteiger partial charge >= 0.3 is 0 Å². The molecule has 1 unspecified atom stereocenters. The van der Waals surface area contributed by atoms with E-state index in [4.69, 9.17) is 0 Å². The second-order valence-corrected chi connectivity index (χ2v) is 2.93. The monoisotopic (exact) mass is 158 g/mol. The van der Waals surface area contributed by atoms with Gasteiger partial charge in [-0.25, -0.2) is 0 Å².